The van der Waals surface area contributed by atoms with E-state index in [9.17, 15) is 0 Å². The van der Waals surface area contributed by atoms with E-state index in [-0.39, 0.29) is 0 Å². The van der Waals surface area contributed by atoms with E-state index in [1.807, 2.05) is 12.1 Å². The molecule has 0 aliphatic rings. The lowest BCUT2D eigenvalue weighted by Crippen LogP contribution is -2.30. The summed E-state index contributed by atoms with van der Waals surface area (Å²) in [6.07, 6.45) is 2.14. The Labute approximate surface area is 149 Å². The minimum atomic E-state index is 1.06. The highest BCUT2D eigenvalue weighted by Crippen LogP contribution is 2.33. The SMILES string of the molecule is c1ccc(-[n+]2ccc(-c3nc4ccccc4s3)c3ccccc32)cc1. The number of fused-ring (bicyclic) bond motifs is 2. The van der Waals surface area contributed by atoms with Crippen LogP contribution in [-0.4, -0.2) is 4.98 Å². The summed E-state index contributed by atoms with van der Waals surface area (Å²) >= 11 is 1.75. The molecule has 0 bridgehead atoms. The molecule has 0 atom stereocenters. The molecular weight excluding hydrogens is 324 g/mol. The highest BCUT2D eigenvalue weighted by molar-refractivity contribution is 7.21. The molecule has 25 heavy (non-hydrogen) atoms. The summed E-state index contributed by atoms with van der Waals surface area (Å²) in [4.78, 5) is 4.84. The van der Waals surface area contributed by atoms with Crippen LogP contribution in [-0.2, 0) is 0 Å². The highest BCUT2D eigenvalue weighted by atomic mass is 32.1. The van der Waals surface area contributed by atoms with E-state index in [4.69, 9.17) is 4.98 Å². The molecule has 0 saturated heterocycles. The van der Waals surface area contributed by atoms with E-state index < -0.39 is 0 Å². The number of rotatable bonds is 2. The Hall–Kier alpha value is -3.04. The molecule has 0 aliphatic heterocycles. The molecular formula is C22H15N2S+. The van der Waals surface area contributed by atoms with Gasteiger partial charge in [0.05, 0.1) is 15.6 Å². The molecule has 0 unspecified atom stereocenters. The number of para-hydroxylation sites is 3. The average molecular weight is 339 g/mol. The van der Waals surface area contributed by atoms with Gasteiger partial charge in [-0.05, 0) is 18.2 Å². The van der Waals surface area contributed by atoms with Crippen molar-refractivity contribution in [1.29, 1.82) is 0 Å². The Morgan fingerprint density at radius 3 is 2.36 bits per heavy atom. The van der Waals surface area contributed by atoms with E-state index in [0.717, 1.165) is 16.2 Å². The fourth-order valence-electron chi connectivity index (χ4n) is 3.22. The standard InChI is InChI=1S/C22H15N2S/c1-2-8-16(9-3-1)24-15-14-18(17-10-4-6-12-20(17)24)22-23-19-11-5-7-13-21(19)25-22/h1-15H/q+1. The summed E-state index contributed by atoms with van der Waals surface area (Å²) in [5.74, 6) is 0. The maximum Gasteiger partial charge on any atom is 0.219 e. The second kappa shape index (κ2) is 5.80. The molecule has 2 nitrogen and oxygen atoms in total. The Bertz CT molecular complexity index is 1160. The van der Waals surface area contributed by atoms with Gasteiger partial charge in [0.1, 0.15) is 5.01 Å². The Balaban J connectivity index is 1.78. The van der Waals surface area contributed by atoms with Crippen LogP contribution in [0, 0.1) is 0 Å². The van der Waals surface area contributed by atoms with Gasteiger partial charge >= 0.3 is 0 Å². The van der Waals surface area contributed by atoms with Crippen molar-refractivity contribution < 1.29 is 4.57 Å². The van der Waals surface area contributed by atoms with Gasteiger partial charge in [0.2, 0.25) is 11.2 Å². The molecule has 118 valence electrons. The fourth-order valence-corrected chi connectivity index (χ4v) is 4.22. The second-order valence-corrected chi connectivity index (χ2v) is 6.97. The van der Waals surface area contributed by atoms with Crippen molar-refractivity contribution in [2.24, 2.45) is 0 Å². The Morgan fingerprint density at radius 2 is 1.48 bits per heavy atom. The maximum absolute atomic E-state index is 4.84. The third-order valence-electron chi connectivity index (χ3n) is 4.40. The Morgan fingerprint density at radius 1 is 0.720 bits per heavy atom. The summed E-state index contributed by atoms with van der Waals surface area (Å²) in [6, 6.07) is 29.4. The van der Waals surface area contributed by atoms with Gasteiger partial charge in [0, 0.05) is 29.8 Å². The first kappa shape index (κ1) is 14.3. The van der Waals surface area contributed by atoms with Gasteiger partial charge in [-0.2, -0.15) is 4.57 Å². The van der Waals surface area contributed by atoms with Crippen LogP contribution in [0.15, 0.2) is 91.1 Å². The van der Waals surface area contributed by atoms with Crippen LogP contribution in [0.1, 0.15) is 0 Å². The lowest BCUT2D eigenvalue weighted by atomic mass is 10.1. The predicted octanol–water partition coefficient (Wildman–Crippen LogP) is 5.39. The van der Waals surface area contributed by atoms with Gasteiger partial charge in [0.25, 0.3) is 0 Å². The van der Waals surface area contributed by atoms with Crippen molar-refractivity contribution in [2.75, 3.05) is 0 Å². The highest BCUT2D eigenvalue weighted by Gasteiger charge is 2.17. The van der Waals surface area contributed by atoms with Crippen LogP contribution in [0.4, 0.5) is 0 Å². The molecule has 0 spiro atoms. The van der Waals surface area contributed by atoms with Crippen molar-refractivity contribution in [3.05, 3.63) is 91.1 Å². The van der Waals surface area contributed by atoms with Gasteiger partial charge in [-0.3, -0.25) is 0 Å². The molecule has 0 N–H and O–H groups in total. The summed E-state index contributed by atoms with van der Waals surface area (Å²) in [7, 11) is 0. The quantitative estimate of drug-likeness (QED) is 0.394. The number of aromatic nitrogens is 2. The molecule has 0 amide bonds. The first-order chi connectivity index (χ1) is 12.4. The Kier molecular flexibility index (Phi) is 3.32. The molecule has 0 fully saturated rings. The molecule has 0 radical (unpaired) electrons. The van der Waals surface area contributed by atoms with Crippen LogP contribution in [0.3, 0.4) is 0 Å². The van der Waals surface area contributed by atoms with Crippen LogP contribution in [0.2, 0.25) is 0 Å². The normalized spacial score (nSPS) is 11.2. The molecule has 3 aromatic carbocycles. The fraction of sp³-hybridized carbons (Fsp3) is 0. The summed E-state index contributed by atoms with van der Waals surface area (Å²) in [5.41, 5.74) is 4.59. The number of benzene rings is 3. The third-order valence-corrected chi connectivity index (χ3v) is 5.47. The molecule has 5 aromatic rings. The molecule has 3 heteroatoms. The predicted molar refractivity (Wildman–Crippen MR) is 104 cm³/mol. The largest absolute Gasteiger partial charge is 0.236 e. The van der Waals surface area contributed by atoms with Gasteiger partial charge < -0.3 is 0 Å². The van der Waals surface area contributed by atoms with E-state index in [2.05, 4.69) is 83.6 Å². The van der Waals surface area contributed by atoms with Gasteiger partial charge in [-0.15, -0.1) is 11.3 Å². The van der Waals surface area contributed by atoms with Gasteiger partial charge in [-0.25, -0.2) is 4.98 Å². The first-order valence-electron chi connectivity index (χ1n) is 8.25. The minimum Gasteiger partial charge on any atom is -0.236 e. The number of pyridine rings is 1. The zero-order valence-corrected chi connectivity index (χ0v) is 14.3. The molecule has 2 aromatic heterocycles. The lowest BCUT2D eigenvalue weighted by Gasteiger charge is -2.04. The van der Waals surface area contributed by atoms with E-state index in [0.29, 0.717) is 0 Å². The zero-order chi connectivity index (χ0) is 16.6. The van der Waals surface area contributed by atoms with E-state index >= 15 is 0 Å². The first-order valence-corrected chi connectivity index (χ1v) is 9.06. The number of nitrogens with zero attached hydrogens (tertiary/aromatic N) is 2. The topological polar surface area (TPSA) is 16.8 Å². The number of hydrogen-bond acceptors (Lipinski definition) is 2. The van der Waals surface area contributed by atoms with Crippen molar-refractivity contribution in [1.82, 2.24) is 4.98 Å². The van der Waals surface area contributed by atoms with Crippen LogP contribution < -0.4 is 4.57 Å². The van der Waals surface area contributed by atoms with E-state index in [1.54, 1.807) is 11.3 Å². The summed E-state index contributed by atoms with van der Waals surface area (Å²) in [5, 5.41) is 2.28. The molecule has 5 rings (SSSR count). The third kappa shape index (κ3) is 2.41. The molecule has 0 aliphatic carbocycles. The van der Waals surface area contributed by atoms with Crippen molar-refractivity contribution >= 4 is 32.5 Å². The minimum absolute atomic E-state index is 1.06. The summed E-state index contributed by atoms with van der Waals surface area (Å²) < 4.78 is 3.45. The van der Waals surface area contributed by atoms with Crippen LogP contribution >= 0.6 is 11.3 Å². The number of thiazole rings is 1. The molecule has 0 saturated carbocycles. The van der Waals surface area contributed by atoms with Crippen molar-refractivity contribution in [2.45, 2.75) is 0 Å². The monoisotopic (exact) mass is 339 g/mol. The van der Waals surface area contributed by atoms with Gasteiger partial charge in [-0.1, -0.05) is 42.5 Å². The smallest absolute Gasteiger partial charge is 0.219 e. The van der Waals surface area contributed by atoms with Crippen LogP contribution in [0.25, 0.3) is 37.4 Å². The van der Waals surface area contributed by atoms with E-state index in [1.165, 1.54) is 21.2 Å². The number of hydrogen-bond donors (Lipinski definition) is 0. The second-order valence-electron chi connectivity index (χ2n) is 5.94. The van der Waals surface area contributed by atoms with Crippen molar-refractivity contribution in [3.63, 3.8) is 0 Å². The zero-order valence-electron chi connectivity index (χ0n) is 13.5. The maximum atomic E-state index is 4.84. The summed E-state index contributed by atoms with van der Waals surface area (Å²) in [6.45, 7) is 0. The van der Waals surface area contributed by atoms with Crippen molar-refractivity contribution in [3.8, 4) is 16.3 Å². The van der Waals surface area contributed by atoms with Crippen LogP contribution in [0.5, 0.6) is 0 Å². The van der Waals surface area contributed by atoms with Gasteiger partial charge in [0.15, 0.2) is 6.20 Å². The average Bonchev–Trinajstić information content (AvgIpc) is 3.12. The molecule has 2 heterocycles. The lowest BCUT2D eigenvalue weighted by molar-refractivity contribution is -0.567.